The number of hydrogen-bond acceptors (Lipinski definition) is 2. The number of aromatic nitrogens is 2. The fourth-order valence-electron chi connectivity index (χ4n) is 1.77. The number of nitrogens with one attached hydrogen (secondary N) is 1. The van der Waals surface area contributed by atoms with E-state index in [4.69, 9.17) is 5.11 Å². The topological polar surface area (TPSA) is 66.0 Å². The lowest BCUT2D eigenvalue weighted by atomic mass is 10.2. The molecule has 1 aliphatic carbocycles. The molecule has 0 aliphatic heterocycles. The number of rotatable bonds is 2. The van der Waals surface area contributed by atoms with Gasteiger partial charge in [-0.2, -0.15) is 0 Å². The lowest BCUT2D eigenvalue weighted by Gasteiger charge is -1.89. The highest BCUT2D eigenvalue weighted by Crippen LogP contribution is 2.52. The smallest absolute Gasteiger partial charge is 0.307 e. The van der Waals surface area contributed by atoms with Crippen molar-refractivity contribution < 1.29 is 9.90 Å². The van der Waals surface area contributed by atoms with Crippen LogP contribution in [-0.4, -0.2) is 21.0 Å². The van der Waals surface area contributed by atoms with Crippen molar-refractivity contribution in [2.45, 2.75) is 12.8 Å². The van der Waals surface area contributed by atoms with Crippen LogP contribution in [0.2, 0.25) is 0 Å². The third-order valence-corrected chi connectivity index (χ3v) is 2.54. The number of imidazole rings is 1. The Balaban J connectivity index is 2.15. The number of aliphatic carboxylic acids is 1. The zero-order valence-electron chi connectivity index (χ0n) is 6.69. The average molecular weight is 166 g/mol. The highest BCUT2D eigenvalue weighted by atomic mass is 16.4. The van der Waals surface area contributed by atoms with Gasteiger partial charge in [0.2, 0.25) is 0 Å². The summed E-state index contributed by atoms with van der Waals surface area (Å²) in [5.74, 6) is -0.541. The van der Waals surface area contributed by atoms with E-state index in [-0.39, 0.29) is 17.8 Å². The van der Waals surface area contributed by atoms with Crippen LogP contribution in [0.4, 0.5) is 0 Å². The van der Waals surface area contributed by atoms with Crippen LogP contribution in [0.15, 0.2) is 12.5 Å². The molecule has 0 bridgehead atoms. The first-order chi connectivity index (χ1) is 5.72. The van der Waals surface area contributed by atoms with E-state index in [1.807, 2.05) is 6.92 Å². The third-order valence-electron chi connectivity index (χ3n) is 2.54. The standard InChI is InChI=1S/C8H10N2O2/c1-4-6(7(4)8(11)12)5-2-9-3-10-5/h2-4,6-7H,1H3,(H,9,10)(H,11,12). The van der Waals surface area contributed by atoms with E-state index >= 15 is 0 Å². The number of hydrogen-bond donors (Lipinski definition) is 2. The van der Waals surface area contributed by atoms with Crippen molar-refractivity contribution in [2.24, 2.45) is 11.8 Å². The fraction of sp³-hybridized carbons (Fsp3) is 0.500. The van der Waals surface area contributed by atoms with Gasteiger partial charge in [-0.25, -0.2) is 4.98 Å². The summed E-state index contributed by atoms with van der Waals surface area (Å²) in [6.07, 6.45) is 3.28. The van der Waals surface area contributed by atoms with Gasteiger partial charge in [0.1, 0.15) is 0 Å². The second-order valence-electron chi connectivity index (χ2n) is 3.26. The maximum absolute atomic E-state index is 10.6. The Morgan fingerprint density at radius 1 is 1.75 bits per heavy atom. The largest absolute Gasteiger partial charge is 0.481 e. The van der Waals surface area contributed by atoms with Crippen LogP contribution in [0.5, 0.6) is 0 Å². The molecule has 1 aliphatic rings. The zero-order valence-corrected chi connectivity index (χ0v) is 6.69. The van der Waals surface area contributed by atoms with Gasteiger partial charge in [-0.1, -0.05) is 6.92 Å². The molecule has 0 radical (unpaired) electrons. The molecular weight excluding hydrogens is 156 g/mol. The average Bonchev–Trinajstić information content (AvgIpc) is 2.50. The first kappa shape index (κ1) is 7.34. The van der Waals surface area contributed by atoms with E-state index in [1.165, 1.54) is 0 Å². The van der Waals surface area contributed by atoms with Gasteiger partial charge in [0.25, 0.3) is 0 Å². The van der Waals surface area contributed by atoms with E-state index < -0.39 is 5.97 Å². The predicted octanol–water partition coefficient (Wildman–Crippen LogP) is 0.844. The van der Waals surface area contributed by atoms with Crippen LogP contribution >= 0.6 is 0 Å². The predicted molar refractivity (Wildman–Crippen MR) is 41.6 cm³/mol. The number of nitrogens with zero attached hydrogens (tertiary/aromatic N) is 1. The molecule has 64 valence electrons. The van der Waals surface area contributed by atoms with Crippen molar-refractivity contribution in [2.75, 3.05) is 0 Å². The van der Waals surface area contributed by atoms with Crippen LogP contribution < -0.4 is 0 Å². The van der Waals surface area contributed by atoms with Gasteiger partial charge in [-0.05, 0) is 5.92 Å². The summed E-state index contributed by atoms with van der Waals surface area (Å²) in [4.78, 5) is 17.4. The molecule has 12 heavy (non-hydrogen) atoms. The van der Waals surface area contributed by atoms with Gasteiger partial charge in [-0.3, -0.25) is 4.79 Å². The molecule has 4 heteroatoms. The number of aromatic amines is 1. The molecule has 1 saturated carbocycles. The van der Waals surface area contributed by atoms with Crippen LogP contribution in [0.1, 0.15) is 18.5 Å². The van der Waals surface area contributed by atoms with Gasteiger partial charge in [-0.15, -0.1) is 0 Å². The Morgan fingerprint density at radius 2 is 2.50 bits per heavy atom. The molecule has 3 atom stereocenters. The van der Waals surface area contributed by atoms with E-state index in [0.29, 0.717) is 0 Å². The minimum absolute atomic E-state index is 0.144. The van der Waals surface area contributed by atoms with Crippen molar-refractivity contribution in [3.05, 3.63) is 18.2 Å². The van der Waals surface area contributed by atoms with Gasteiger partial charge in [0.05, 0.1) is 12.2 Å². The van der Waals surface area contributed by atoms with E-state index in [9.17, 15) is 4.79 Å². The van der Waals surface area contributed by atoms with Crippen molar-refractivity contribution in [1.82, 2.24) is 9.97 Å². The molecule has 2 rings (SSSR count). The van der Waals surface area contributed by atoms with Gasteiger partial charge >= 0.3 is 5.97 Å². The van der Waals surface area contributed by atoms with Crippen LogP contribution in [0.3, 0.4) is 0 Å². The Hall–Kier alpha value is -1.32. The van der Waals surface area contributed by atoms with Crippen molar-refractivity contribution in [1.29, 1.82) is 0 Å². The Bertz CT molecular complexity index is 294. The molecule has 4 nitrogen and oxygen atoms in total. The van der Waals surface area contributed by atoms with Gasteiger partial charge < -0.3 is 10.1 Å². The molecular formula is C8H10N2O2. The lowest BCUT2D eigenvalue weighted by molar-refractivity contribution is -0.138. The molecule has 0 amide bonds. The molecule has 1 aromatic heterocycles. The normalized spacial score (nSPS) is 33.2. The second kappa shape index (κ2) is 2.33. The highest BCUT2D eigenvalue weighted by molar-refractivity contribution is 5.75. The summed E-state index contributed by atoms with van der Waals surface area (Å²) in [5.41, 5.74) is 0.940. The number of H-pyrrole nitrogens is 1. The maximum Gasteiger partial charge on any atom is 0.307 e. The Labute approximate surface area is 69.6 Å². The minimum Gasteiger partial charge on any atom is -0.481 e. The summed E-state index contributed by atoms with van der Waals surface area (Å²) in [7, 11) is 0. The monoisotopic (exact) mass is 166 g/mol. The number of carboxylic acid groups (broad SMARTS) is 1. The summed E-state index contributed by atoms with van der Waals surface area (Å²) < 4.78 is 0. The molecule has 0 aromatic carbocycles. The quantitative estimate of drug-likeness (QED) is 0.684. The molecule has 3 unspecified atom stereocenters. The first-order valence-corrected chi connectivity index (χ1v) is 3.93. The molecule has 0 saturated heterocycles. The number of carbonyl (C=O) groups is 1. The second-order valence-corrected chi connectivity index (χ2v) is 3.26. The van der Waals surface area contributed by atoms with Crippen LogP contribution in [0, 0.1) is 11.8 Å². The van der Waals surface area contributed by atoms with E-state index in [0.717, 1.165) is 5.69 Å². The molecule has 2 N–H and O–H groups in total. The van der Waals surface area contributed by atoms with Gasteiger partial charge in [0, 0.05) is 17.8 Å². The first-order valence-electron chi connectivity index (χ1n) is 3.93. The lowest BCUT2D eigenvalue weighted by Crippen LogP contribution is -1.99. The molecule has 1 heterocycles. The maximum atomic E-state index is 10.6. The molecule has 1 fully saturated rings. The van der Waals surface area contributed by atoms with Crippen LogP contribution in [0.25, 0.3) is 0 Å². The van der Waals surface area contributed by atoms with E-state index in [2.05, 4.69) is 9.97 Å². The zero-order chi connectivity index (χ0) is 8.72. The third kappa shape index (κ3) is 0.913. The highest BCUT2D eigenvalue weighted by Gasteiger charge is 2.53. The summed E-state index contributed by atoms with van der Waals surface area (Å²) in [5, 5.41) is 8.76. The summed E-state index contributed by atoms with van der Waals surface area (Å²) in [6, 6.07) is 0. The number of carboxylic acids is 1. The molecule has 0 spiro atoms. The fourth-order valence-corrected chi connectivity index (χ4v) is 1.77. The van der Waals surface area contributed by atoms with Crippen molar-refractivity contribution >= 4 is 5.97 Å². The SMILES string of the molecule is CC1C(C(=O)O)C1c1cnc[nH]1. The Morgan fingerprint density at radius 3 is 2.92 bits per heavy atom. The van der Waals surface area contributed by atoms with Crippen molar-refractivity contribution in [3.8, 4) is 0 Å². The minimum atomic E-state index is -0.706. The summed E-state index contributed by atoms with van der Waals surface area (Å²) in [6.45, 7) is 1.95. The van der Waals surface area contributed by atoms with E-state index in [1.54, 1.807) is 12.5 Å². The van der Waals surface area contributed by atoms with Gasteiger partial charge in [0.15, 0.2) is 0 Å². The molecule has 1 aromatic rings. The van der Waals surface area contributed by atoms with Crippen molar-refractivity contribution in [3.63, 3.8) is 0 Å². The Kier molecular flexibility index (Phi) is 1.43. The van der Waals surface area contributed by atoms with Crippen LogP contribution in [-0.2, 0) is 4.79 Å². The summed E-state index contributed by atoms with van der Waals surface area (Å²) >= 11 is 0.